The third-order valence-electron chi connectivity index (χ3n) is 9.03. The molecule has 1 aromatic rings. The summed E-state index contributed by atoms with van der Waals surface area (Å²) in [6, 6.07) is 5.60. The predicted molar refractivity (Wildman–Crippen MR) is 123 cm³/mol. The highest BCUT2D eigenvalue weighted by Crippen LogP contribution is 2.64. The minimum absolute atomic E-state index is 0.181. The standard InChI is InChI=1S/C26H30Cl2O2/c1-25-10-8-18(29)14-17(25)6-7-19-20(25)9-11-26(2)21(19)13-16(24(26)30)12-15-4-3-5-22(27)23(15)28/h3-6,12,18-21,29H,7-11,13-14H2,1-2H3/b16-12+. The maximum atomic E-state index is 13.5. The van der Waals surface area contributed by atoms with Crippen LogP contribution < -0.4 is 0 Å². The molecule has 0 aliphatic heterocycles. The van der Waals surface area contributed by atoms with Crippen LogP contribution in [0.15, 0.2) is 35.4 Å². The number of benzene rings is 1. The highest BCUT2D eigenvalue weighted by atomic mass is 35.5. The van der Waals surface area contributed by atoms with Crippen molar-refractivity contribution in [1.29, 1.82) is 0 Å². The van der Waals surface area contributed by atoms with Crippen molar-refractivity contribution in [1.82, 2.24) is 0 Å². The summed E-state index contributed by atoms with van der Waals surface area (Å²) in [5.41, 5.74) is 3.14. The van der Waals surface area contributed by atoms with E-state index >= 15 is 0 Å². The van der Waals surface area contributed by atoms with Gasteiger partial charge in [0.15, 0.2) is 5.78 Å². The topological polar surface area (TPSA) is 37.3 Å². The Hall–Kier alpha value is -1.09. The molecule has 0 radical (unpaired) electrons. The van der Waals surface area contributed by atoms with Crippen LogP contribution in [0.1, 0.15) is 64.4 Å². The van der Waals surface area contributed by atoms with Crippen LogP contribution in [0.25, 0.3) is 6.08 Å². The number of ketones is 1. The van der Waals surface area contributed by atoms with Crippen LogP contribution >= 0.6 is 23.2 Å². The minimum Gasteiger partial charge on any atom is -0.393 e. The van der Waals surface area contributed by atoms with Gasteiger partial charge in [0.2, 0.25) is 0 Å². The van der Waals surface area contributed by atoms with Crippen LogP contribution in [0.5, 0.6) is 0 Å². The van der Waals surface area contributed by atoms with Gasteiger partial charge >= 0.3 is 0 Å². The van der Waals surface area contributed by atoms with E-state index in [1.165, 1.54) is 5.57 Å². The SMILES string of the molecule is CC12CCC3C(CC=C4CC(O)CCC43C)C1C/C(=C\c1cccc(Cl)c1Cl)C2=O. The van der Waals surface area contributed by atoms with Crippen molar-refractivity contribution >= 4 is 35.1 Å². The Bertz CT molecular complexity index is 964. The van der Waals surface area contributed by atoms with Crippen LogP contribution in [0.4, 0.5) is 0 Å². The second kappa shape index (κ2) is 7.22. The molecular formula is C26H30Cl2O2. The molecule has 160 valence electrons. The number of rotatable bonds is 1. The van der Waals surface area contributed by atoms with Crippen LogP contribution in [0.3, 0.4) is 0 Å². The largest absolute Gasteiger partial charge is 0.393 e. The molecule has 3 fully saturated rings. The third-order valence-corrected chi connectivity index (χ3v) is 9.86. The highest BCUT2D eigenvalue weighted by Gasteiger charge is 2.59. The number of halogens is 2. The Kier molecular flexibility index (Phi) is 5.00. The summed E-state index contributed by atoms with van der Waals surface area (Å²) >= 11 is 12.6. The lowest BCUT2D eigenvalue weighted by Crippen LogP contribution is -2.50. The van der Waals surface area contributed by atoms with E-state index in [2.05, 4.69) is 19.9 Å². The summed E-state index contributed by atoms with van der Waals surface area (Å²) in [6.07, 6.45) is 11.0. The predicted octanol–water partition coefficient (Wildman–Crippen LogP) is 6.88. The number of allylic oxidation sites excluding steroid dienone is 2. The zero-order valence-electron chi connectivity index (χ0n) is 17.8. The molecule has 6 unspecified atom stereocenters. The maximum absolute atomic E-state index is 13.5. The first-order chi connectivity index (χ1) is 14.2. The monoisotopic (exact) mass is 444 g/mol. The molecular weight excluding hydrogens is 415 g/mol. The average Bonchev–Trinajstić information content (AvgIpc) is 2.97. The van der Waals surface area contributed by atoms with E-state index < -0.39 is 0 Å². The average molecular weight is 445 g/mol. The molecule has 0 bridgehead atoms. The quantitative estimate of drug-likeness (QED) is 0.378. The van der Waals surface area contributed by atoms with Crippen LogP contribution in [0.2, 0.25) is 10.0 Å². The summed E-state index contributed by atoms with van der Waals surface area (Å²) in [5, 5.41) is 11.2. The van der Waals surface area contributed by atoms with Crippen molar-refractivity contribution in [2.75, 3.05) is 0 Å². The summed E-state index contributed by atoms with van der Waals surface area (Å²) in [4.78, 5) is 13.5. The van der Waals surface area contributed by atoms with Crippen LogP contribution in [0, 0.1) is 28.6 Å². The van der Waals surface area contributed by atoms with Gasteiger partial charge in [-0.3, -0.25) is 4.79 Å². The number of carbonyl (C=O) groups is 1. The van der Waals surface area contributed by atoms with Crippen molar-refractivity contribution in [3.8, 4) is 0 Å². The lowest BCUT2D eigenvalue weighted by molar-refractivity contribution is -0.130. The summed E-state index contributed by atoms with van der Waals surface area (Å²) in [7, 11) is 0. The Labute approximate surface area is 189 Å². The molecule has 1 aromatic carbocycles. The molecule has 3 saturated carbocycles. The molecule has 1 N–H and O–H groups in total. The molecule has 0 aromatic heterocycles. The molecule has 0 spiro atoms. The first-order valence-electron chi connectivity index (χ1n) is 11.3. The zero-order chi connectivity index (χ0) is 21.3. The van der Waals surface area contributed by atoms with E-state index in [0.29, 0.717) is 33.6 Å². The Morgan fingerprint density at radius 3 is 2.63 bits per heavy atom. The first kappa shape index (κ1) is 20.8. The van der Waals surface area contributed by atoms with Crippen molar-refractivity contribution in [3.05, 3.63) is 51.0 Å². The van der Waals surface area contributed by atoms with E-state index in [0.717, 1.165) is 56.1 Å². The fourth-order valence-corrected chi connectivity index (χ4v) is 7.62. The molecule has 30 heavy (non-hydrogen) atoms. The van der Waals surface area contributed by atoms with Crippen molar-refractivity contribution < 1.29 is 9.90 Å². The second-order valence-electron chi connectivity index (χ2n) is 10.5. The van der Waals surface area contributed by atoms with E-state index in [1.54, 1.807) is 6.07 Å². The van der Waals surface area contributed by atoms with E-state index in [4.69, 9.17) is 23.2 Å². The van der Waals surface area contributed by atoms with E-state index in [1.807, 2.05) is 18.2 Å². The van der Waals surface area contributed by atoms with Gasteiger partial charge in [-0.25, -0.2) is 0 Å². The van der Waals surface area contributed by atoms with Gasteiger partial charge < -0.3 is 5.11 Å². The highest BCUT2D eigenvalue weighted by molar-refractivity contribution is 6.43. The third kappa shape index (κ3) is 2.98. The van der Waals surface area contributed by atoms with Gasteiger partial charge in [0, 0.05) is 5.41 Å². The van der Waals surface area contributed by atoms with Crippen LogP contribution in [-0.2, 0) is 4.79 Å². The molecule has 4 heteroatoms. The van der Waals surface area contributed by atoms with Crippen molar-refractivity contribution in [2.24, 2.45) is 28.6 Å². The molecule has 5 rings (SSSR count). The normalized spacial score (nSPS) is 41.8. The lowest BCUT2D eigenvalue weighted by Gasteiger charge is -2.56. The van der Waals surface area contributed by atoms with Gasteiger partial charge in [-0.1, -0.05) is 60.8 Å². The van der Waals surface area contributed by atoms with Gasteiger partial charge in [-0.15, -0.1) is 0 Å². The van der Waals surface area contributed by atoms with E-state index in [9.17, 15) is 9.90 Å². The number of Topliss-reactive ketones (excluding diaryl/α,β-unsaturated/α-hetero) is 1. The fourth-order valence-electron chi connectivity index (χ4n) is 7.26. The number of carbonyl (C=O) groups excluding carboxylic acids is 1. The number of fused-ring (bicyclic) bond motifs is 5. The van der Waals surface area contributed by atoms with Crippen molar-refractivity contribution in [2.45, 2.75) is 64.9 Å². The maximum Gasteiger partial charge on any atom is 0.165 e. The summed E-state index contributed by atoms with van der Waals surface area (Å²) in [6.45, 7) is 4.62. The Morgan fingerprint density at radius 1 is 1.07 bits per heavy atom. The number of aliphatic hydroxyl groups excluding tert-OH is 1. The number of aliphatic hydroxyl groups is 1. The fraction of sp³-hybridized carbons (Fsp3) is 0.577. The van der Waals surface area contributed by atoms with Gasteiger partial charge in [0.25, 0.3) is 0 Å². The second-order valence-corrected chi connectivity index (χ2v) is 11.2. The van der Waals surface area contributed by atoms with Crippen LogP contribution in [-0.4, -0.2) is 17.0 Å². The van der Waals surface area contributed by atoms with Gasteiger partial charge in [0.1, 0.15) is 0 Å². The van der Waals surface area contributed by atoms with Crippen molar-refractivity contribution in [3.63, 3.8) is 0 Å². The Balaban J connectivity index is 1.49. The molecule has 0 heterocycles. The van der Waals surface area contributed by atoms with Gasteiger partial charge in [0.05, 0.1) is 16.1 Å². The molecule has 4 aliphatic carbocycles. The molecule has 2 nitrogen and oxygen atoms in total. The molecule has 0 saturated heterocycles. The lowest BCUT2D eigenvalue weighted by atomic mass is 9.48. The smallest absolute Gasteiger partial charge is 0.165 e. The summed E-state index contributed by atoms with van der Waals surface area (Å²) in [5.74, 6) is 1.85. The first-order valence-corrected chi connectivity index (χ1v) is 12.1. The number of hydrogen-bond acceptors (Lipinski definition) is 2. The van der Waals surface area contributed by atoms with E-state index in [-0.39, 0.29) is 16.9 Å². The molecule has 6 atom stereocenters. The van der Waals surface area contributed by atoms with Gasteiger partial charge in [-0.05, 0) is 91.4 Å². The Morgan fingerprint density at radius 2 is 1.83 bits per heavy atom. The molecule has 0 amide bonds. The zero-order valence-corrected chi connectivity index (χ0v) is 19.3. The summed E-state index contributed by atoms with van der Waals surface area (Å²) < 4.78 is 0. The number of hydrogen-bond donors (Lipinski definition) is 1. The molecule has 4 aliphatic rings. The minimum atomic E-state index is -0.270. The van der Waals surface area contributed by atoms with Gasteiger partial charge in [-0.2, -0.15) is 0 Å².